The van der Waals surface area contributed by atoms with E-state index in [1.54, 1.807) is 0 Å². The van der Waals surface area contributed by atoms with Crippen LogP contribution in [0.4, 0.5) is 0 Å². The highest BCUT2D eigenvalue weighted by Gasteiger charge is 2.21. The van der Waals surface area contributed by atoms with E-state index in [-0.39, 0.29) is 24.3 Å². The molecule has 0 unspecified atom stereocenters. The topological polar surface area (TPSA) is 72.2 Å². The van der Waals surface area contributed by atoms with Crippen molar-refractivity contribution in [2.75, 3.05) is 12.3 Å². The van der Waals surface area contributed by atoms with E-state index in [1.807, 2.05) is 45.0 Å². The van der Waals surface area contributed by atoms with Crippen molar-refractivity contribution in [3.05, 3.63) is 35.4 Å². The number of nitrogens with one attached hydrogen (secondary N) is 1. The zero-order chi connectivity index (χ0) is 15.2. The fraction of sp³-hybridized carbons (Fsp3) is 0.467. The Morgan fingerprint density at radius 3 is 2.50 bits per heavy atom. The summed E-state index contributed by atoms with van der Waals surface area (Å²) in [4.78, 5) is 0. The number of sulfonamides is 1. The Morgan fingerprint density at radius 2 is 1.90 bits per heavy atom. The SMILES string of the molecule is CC(C)(C)CS(=O)(=O)NCc1ccccc1C#CCN. The van der Waals surface area contributed by atoms with Crippen LogP contribution in [-0.2, 0) is 16.6 Å². The van der Waals surface area contributed by atoms with Gasteiger partial charge in [0.05, 0.1) is 12.3 Å². The summed E-state index contributed by atoms with van der Waals surface area (Å²) in [5.74, 6) is 5.82. The second-order valence-corrected chi connectivity index (χ2v) is 7.61. The molecule has 20 heavy (non-hydrogen) atoms. The summed E-state index contributed by atoms with van der Waals surface area (Å²) >= 11 is 0. The third kappa shape index (κ3) is 6.20. The molecule has 4 nitrogen and oxygen atoms in total. The molecular weight excluding hydrogens is 272 g/mol. The quantitative estimate of drug-likeness (QED) is 0.826. The maximum atomic E-state index is 12.0. The number of hydrogen-bond donors (Lipinski definition) is 2. The van der Waals surface area contributed by atoms with Crippen LogP contribution in [0.3, 0.4) is 0 Å². The molecule has 0 saturated carbocycles. The van der Waals surface area contributed by atoms with Gasteiger partial charge in [-0.3, -0.25) is 0 Å². The van der Waals surface area contributed by atoms with Crippen LogP contribution in [0, 0.1) is 17.3 Å². The van der Waals surface area contributed by atoms with Crippen molar-refractivity contribution in [1.29, 1.82) is 0 Å². The van der Waals surface area contributed by atoms with Crippen LogP contribution < -0.4 is 10.5 Å². The van der Waals surface area contributed by atoms with Crippen LogP contribution in [0.1, 0.15) is 31.9 Å². The first kappa shape index (κ1) is 16.7. The fourth-order valence-electron chi connectivity index (χ4n) is 1.75. The first-order chi connectivity index (χ1) is 9.23. The largest absolute Gasteiger partial charge is 0.320 e. The average molecular weight is 294 g/mol. The molecule has 1 aromatic carbocycles. The first-order valence-corrected chi connectivity index (χ1v) is 8.13. The Bertz CT molecular complexity index is 605. The van der Waals surface area contributed by atoms with E-state index in [2.05, 4.69) is 16.6 Å². The molecule has 0 aliphatic carbocycles. The highest BCUT2D eigenvalue weighted by molar-refractivity contribution is 7.89. The van der Waals surface area contributed by atoms with Gasteiger partial charge in [-0.1, -0.05) is 50.8 Å². The maximum Gasteiger partial charge on any atom is 0.212 e. The molecular formula is C15H22N2O2S. The molecule has 0 radical (unpaired) electrons. The van der Waals surface area contributed by atoms with E-state index in [1.165, 1.54) is 0 Å². The van der Waals surface area contributed by atoms with E-state index >= 15 is 0 Å². The van der Waals surface area contributed by atoms with Crippen LogP contribution in [0.25, 0.3) is 0 Å². The van der Waals surface area contributed by atoms with Gasteiger partial charge in [-0.15, -0.1) is 0 Å². The molecule has 0 atom stereocenters. The molecule has 0 heterocycles. The zero-order valence-electron chi connectivity index (χ0n) is 12.2. The van der Waals surface area contributed by atoms with Crippen molar-refractivity contribution >= 4 is 10.0 Å². The number of hydrogen-bond acceptors (Lipinski definition) is 3. The summed E-state index contributed by atoms with van der Waals surface area (Å²) in [6.07, 6.45) is 0. The summed E-state index contributed by atoms with van der Waals surface area (Å²) in [5, 5.41) is 0. The molecule has 1 aromatic rings. The zero-order valence-corrected chi connectivity index (χ0v) is 13.0. The smallest absolute Gasteiger partial charge is 0.212 e. The van der Waals surface area contributed by atoms with Gasteiger partial charge in [0.2, 0.25) is 10.0 Å². The van der Waals surface area contributed by atoms with Gasteiger partial charge < -0.3 is 5.73 Å². The first-order valence-electron chi connectivity index (χ1n) is 6.48. The minimum Gasteiger partial charge on any atom is -0.320 e. The van der Waals surface area contributed by atoms with Crippen molar-refractivity contribution in [2.45, 2.75) is 27.3 Å². The maximum absolute atomic E-state index is 12.0. The fourth-order valence-corrected chi connectivity index (χ4v) is 3.37. The predicted octanol–water partition coefficient (Wildman–Crippen LogP) is 1.46. The van der Waals surface area contributed by atoms with E-state index in [0.29, 0.717) is 0 Å². The highest BCUT2D eigenvalue weighted by atomic mass is 32.2. The molecule has 0 saturated heterocycles. The van der Waals surface area contributed by atoms with E-state index in [4.69, 9.17) is 5.73 Å². The van der Waals surface area contributed by atoms with Crippen LogP contribution in [-0.4, -0.2) is 20.7 Å². The third-order valence-corrected chi connectivity index (χ3v) is 4.28. The van der Waals surface area contributed by atoms with E-state index in [9.17, 15) is 8.42 Å². The lowest BCUT2D eigenvalue weighted by Gasteiger charge is -2.18. The molecule has 5 heteroatoms. The van der Waals surface area contributed by atoms with Crippen molar-refractivity contribution in [2.24, 2.45) is 11.1 Å². The average Bonchev–Trinajstić information content (AvgIpc) is 2.32. The molecule has 0 bridgehead atoms. The Labute approximate surface area is 121 Å². The summed E-state index contributed by atoms with van der Waals surface area (Å²) in [6.45, 7) is 6.21. The van der Waals surface area contributed by atoms with E-state index in [0.717, 1.165) is 11.1 Å². The molecule has 0 aliphatic heterocycles. The number of rotatable bonds is 4. The normalized spacial score (nSPS) is 11.8. The van der Waals surface area contributed by atoms with Gasteiger partial charge >= 0.3 is 0 Å². The van der Waals surface area contributed by atoms with E-state index < -0.39 is 10.0 Å². The molecule has 110 valence electrons. The summed E-state index contributed by atoms with van der Waals surface area (Å²) in [7, 11) is -3.30. The van der Waals surface area contributed by atoms with Crippen LogP contribution >= 0.6 is 0 Å². The van der Waals surface area contributed by atoms with Gasteiger partial charge in [0.25, 0.3) is 0 Å². The lowest BCUT2D eigenvalue weighted by molar-refractivity contribution is 0.458. The van der Waals surface area contributed by atoms with Crippen molar-refractivity contribution in [3.8, 4) is 11.8 Å². The van der Waals surface area contributed by atoms with Crippen LogP contribution in [0.5, 0.6) is 0 Å². The highest BCUT2D eigenvalue weighted by Crippen LogP contribution is 2.16. The number of benzene rings is 1. The Kier molecular flexibility index (Phi) is 5.75. The predicted molar refractivity (Wildman–Crippen MR) is 82.5 cm³/mol. The van der Waals surface area contributed by atoms with Crippen molar-refractivity contribution in [3.63, 3.8) is 0 Å². The van der Waals surface area contributed by atoms with Gasteiger partial charge in [-0.05, 0) is 17.0 Å². The molecule has 0 aliphatic rings. The van der Waals surface area contributed by atoms with Gasteiger partial charge in [0.15, 0.2) is 0 Å². The summed E-state index contributed by atoms with van der Waals surface area (Å²) in [5.41, 5.74) is 6.74. The summed E-state index contributed by atoms with van der Waals surface area (Å²) in [6, 6.07) is 7.45. The van der Waals surface area contributed by atoms with Gasteiger partial charge in [-0.25, -0.2) is 13.1 Å². The Hall–Kier alpha value is -1.35. The molecule has 0 fully saturated rings. The minimum absolute atomic E-state index is 0.0939. The van der Waals surface area contributed by atoms with Crippen LogP contribution in [0.2, 0.25) is 0 Å². The molecule has 3 N–H and O–H groups in total. The van der Waals surface area contributed by atoms with Gasteiger partial charge in [-0.2, -0.15) is 0 Å². The lowest BCUT2D eigenvalue weighted by Crippen LogP contribution is -2.32. The standard InChI is InChI=1S/C15H22N2O2S/c1-15(2,3)12-20(18,19)17-11-14-8-5-4-7-13(14)9-6-10-16/h4-5,7-8,17H,10-12,16H2,1-3H3. The number of nitrogens with two attached hydrogens (primary N) is 1. The van der Waals surface area contributed by atoms with Gasteiger partial charge in [0, 0.05) is 12.1 Å². The van der Waals surface area contributed by atoms with Crippen molar-refractivity contribution < 1.29 is 8.42 Å². The van der Waals surface area contributed by atoms with Crippen LogP contribution in [0.15, 0.2) is 24.3 Å². The minimum atomic E-state index is -3.30. The molecule has 0 aromatic heterocycles. The third-order valence-electron chi connectivity index (χ3n) is 2.45. The molecule has 1 rings (SSSR count). The lowest BCUT2D eigenvalue weighted by atomic mass is 10.0. The second-order valence-electron chi connectivity index (χ2n) is 5.80. The second kappa shape index (κ2) is 6.89. The van der Waals surface area contributed by atoms with Crippen molar-refractivity contribution in [1.82, 2.24) is 4.72 Å². The Balaban J connectivity index is 2.80. The molecule has 0 spiro atoms. The monoisotopic (exact) mass is 294 g/mol. The Morgan fingerprint density at radius 1 is 1.25 bits per heavy atom. The molecule has 0 amide bonds. The summed E-state index contributed by atoms with van der Waals surface area (Å²) < 4.78 is 26.6. The van der Waals surface area contributed by atoms with Gasteiger partial charge in [0.1, 0.15) is 0 Å².